The molecule has 3 rings (SSSR count). The molecular formula is C15H7Cl2N3OS. The smallest absolute Gasteiger partial charge is 0.177 e. The molecule has 0 saturated heterocycles. The van der Waals surface area contributed by atoms with Crippen molar-refractivity contribution in [3.8, 4) is 11.8 Å². The number of thiazole rings is 1. The van der Waals surface area contributed by atoms with Crippen molar-refractivity contribution in [3.05, 3.63) is 51.5 Å². The number of phenols is 1. The van der Waals surface area contributed by atoms with E-state index >= 15 is 0 Å². The number of rotatable bonds is 2. The van der Waals surface area contributed by atoms with Gasteiger partial charge in [0.05, 0.1) is 25.9 Å². The second-order valence-corrected chi connectivity index (χ2v) is 6.16. The number of phenolic OH excluding ortho intramolecular Hbond substituents is 1. The maximum Gasteiger partial charge on any atom is 0.177 e. The number of nitriles is 1. The number of halogens is 2. The monoisotopic (exact) mass is 347 g/mol. The van der Waals surface area contributed by atoms with Crippen LogP contribution in [0.2, 0.25) is 10.0 Å². The van der Waals surface area contributed by atoms with Gasteiger partial charge in [0.15, 0.2) is 16.5 Å². The zero-order valence-electron chi connectivity index (χ0n) is 10.9. The first kappa shape index (κ1) is 14.8. The van der Waals surface area contributed by atoms with E-state index in [2.05, 4.69) is 9.98 Å². The molecule has 0 aliphatic rings. The van der Waals surface area contributed by atoms with Crippen LogP contribution in [0, 0.1) is 11.3 Å². The average Bonchev–Trinajstić information content (AvgIpc) is 2.93. The number of benzene rings is 2. The third-order valence-electron chi connectivity index (χ3n) is 2.84. The molecule has 0 radical (unpaired) electrons. The van der Waals surface area contributed by atoms with Crippen LogP contribution in [0.3, 0.4) is 0 Å². The zero-order chi connectivity index (χ0) is 15.7. The zero-order valence-corrected chi connectivity index (χ0v) is 13.2. The van der Waals surface area contributed by atoms with Gasteiger partial charge in [0, 0.05) is 0 Å². The summed E-state index contributed by atoms with van der Waals surface area (Å²) in [6.07, 6.45) is 0. The van der Waals surface area contributed by atoms with Gasteiger partial charge in [0.1, 0.15) is 6.07 Å². The molecule has 0 bridgehead atoms. The second kappa shape index (κ2) is 5.93. The molecule has 3 aromatic rings. The van der Waals surface area contributed by atoms with Crippen molar-refractivity contribution >= 4 is 56.2 Å². The van der Waals surface area contributed by atoms with Crippen LogP contribution in [0.15, 0.2) is 41.4 Å². The van der Waals surface area contributed by atoms with Crippen molar-refractivity contribution in [1.29, 1.82) is 5.26 Å². The van der Waals surface area contributed by atoms with E-state index in [9.17, 15) is 10.4 Å². The summed E-state index contributed by atoms with van der Waals surface area (Å²) < 4.78 is 0.974. The van der Waals surface area contributed by atoms with Gasteiger partial charge in [-0.2, -0.15) is 5.26 Å². The molecule has 108 valence electrons. The molecule has 0 saturated carbocycles. The van der Waals surface area contributed by atoms with Gasteiger partial charge >= 0.3 is 0 Å². The number of aromatic nitrogens is 1. The Morgan fingerprint density at radius 2 is 1.91 bits per heavy atom. The summed E-state index contributed by atoms with van der Waals surface area (Å²) in [6.45, 7) is 0. The number of hydrogen-bond acceptors (Lipinski definition) is 5. The normalized spacial score (nSPS) is 11.6. The minimum Gasteiger partial charge on any atom is -0.505 e. The van der Waals surface area contributed by atoms with Crippen LogP contribution in [0.25, 0.3) is 10.2 Å². The summed E-state index contributed by atoms with van der Waals surface area (Å²) in [5, 5.41) is 19.5. The van der Waals surface area contributed by atoms with Crippen molar-refractivity contribution in [1.82, 2.24) is 4.98 Å². The fourth-order valence-corrected chi connectivity index (χ4v) is 3.22. The molecule has 0 aliphatic heterocycles. The van der Waals surface area contributed by atoms with Crippen molar-refractivity contribution in [2.45, 2.75) is 0 Å². The lowest BCUT2D eigenvalue weighted by Gasteiger charge is -2.01. The molecule has 0 amide bonds. The van der Waals surface area contributed by atoms with E-state index < -0.39 is 0 Å². The van der Waals surface area contributed by atoms with Crippen molar-refractivity contribution in [3.63, 3.8) is 0 Å². The van der Waals surface area contributed by atoms with Gasteiger partial charge in [-0.1, -0.05) is 35.3 Å². The van der Waals surface area contributed by atoms with Crippen LogP contribution < -0.4 is 0 Å². The second-order valence-electron chi connectivity index (χ2n) is 4.32. The van der Waals surface area contributed by atoms with Crippen molar-refractivity contribution in [2.24, 2.45) is 4.99 Å². The average molecular weight is 348 g/mol. The SMILES string of the molecule is N#CC(=Nc1cc(Cl)c(O)c(Cl)c1)c1nc2ccccc2s1. The summed E-state index contributed by atoms with van der Waals surface area (Å²) in [4.78, 5) is 8.62. The van der Waals surface area contributed by atoms with Gasteiger partial charge in [-0.3, -0.25) is 0 Å². The van der Waals surface area contributed by atoms with Gasteiger partial charge in [0.2, 0.25) is 0 Å². The predicted molar refractivity (Wildman–Crippen MR) is 89.6 cm³/mol. The molecule has 1 N–H and O–H groups in total. The van der Waals surface area contributed by atoms with Crippen LogP contribution in [0.4, 0.5) is 5.69 Å². The van der Waals surface area contributed by atoms with Crippen molar-refractivity contribution in [2.75, 3.05) is 0 Å². The summed E-state index contributed by atoms with van der Waals surface area (Å²) in [5.41, 5.74) is 1.36. The molecule has 0 unspecified atom stereocenters. The standard InChI is InChI=1S/C15H7Cl2N3OS/c16-9-5-8(6-10(17)14(9)21)19-12(7-18)15-20-11-3-1-2-4-13(11)22-15/h1-6,21H. The number of hydrogen-bond donors (Lipinski definition) is 1. The lowest BCUT2D eigenvalue weighted by Crippen LogP contribution is -1.95. The molecule has 0 fully saturated rings. The molecule has 2 aromatic carbocycles. The summed E-state index contributed by atoms with van der Waals surface area (Å²) in [6, 6.07) is 12.5. The molecule has 0 atom stereocenters. The summed E-state index contributed by atoms with van der Waals surface area (Å²) in [5.74, 6) is -0.208. The topological polar surface area (TPSA) is 69.3 Å². The number of para-hydroxylation sites is 1. The maximum atomic E-state index is 9.55. The number of aliphatic imine (C=N–C) groups is 1. The van der Waals surface area contributed by atoms with Gasteiger partial charge in [-0.25, -0.2) is 9.98 Å². The largest absolute Gasteiger partial charge is 0.505 e. The molecule has 22 heavy (non-hydrogen) atoms. The number of aromatic hydroxyl groups is 1. The molecule has 0 spiro atoms. The Bertz CT molecular complexity index is 887. The van der Waals surface area contributed by atoms with Gasteiger partial charge in [-0.15, -0.1) is 11.3 Å². The highest BCUT2D eigenvalue weighted by molar-refractivity contribution is 7.20. The van der Waals surface area contributed by atoms with E-state index in [-0.39, 0.29) is 21.5 Å². The minimum absolute atomic E-state index is 0.0767. The van der Waals surface area contributed by atoms with Gasteiger partial charge < -0.3 is 5.11 Å². The van der Waals surface area contributed by atoms with E-state index in [4.69, 9.17) is 23.2 Å². The first-order valence-corrected chi connectivity index (χ1v) is 7.68. The molecule has 4 nitrogen and oxygen atoms in total. The fraction of sp³-hybridized carbons (Fsp3) is 0. The maximum absolute atomic E-state index is 9.55. The van der Waals surface area contributed by atoms with Gasteiger partial charge in [-0.05, 0) is 24.3 Å². The van der Waals surface area contributed by atoms with E-state index in [1.165, 1.54) is 23.5 Å². The minimum atomic E-state index is -0.208. The fourth-order valence-electron chi connectivity index (χ4n) is 1.84. The Labute approximate surface area is 139 Å². The van der Waals surface area contributed by atoms with Crippen LogP contribution in [-0.4, -0.2) is 15.8 Å². The van der Waals surface area contributed by atoms with Crippen molar-refractivity contribution < 1.29 is 5.11 Å². The summed E-state index contributed by atoms with van der Waals surface area (Å²) in [7, 11) is 0. The van der Waals surface area contributed by atoms with E-state index in [0.717, 1.165) is 10.2 Å². The van der Waals surface area contributed by atoms with E-state index in [1.807, 2.05) is 30.3 Å². The highest BCUT2D eigenvalue weighted by atomic mass is 35.5. The lowest BCUT2D eigenvalue weighted by atomic mass is 10.3. The highest BCUT2D eigenvalue weighted by Crippen LogP contribution is 2.36. The Balaban J connectivity index is 2.09. The Morgan fingerprint density at radius 1 is 1.23 bits per heavy atom. The highest BCUT2D eigenvalue weighted by Gasteiger charge is 2.12. The Hall–Kier alpha value is -2.13. The molecule has 0 aliphatic carbocycles. The summed E-state index contributed by atoms with van der Waals surface area (Å²) >= 11 is 13.1. The molecule has 1 aromatic heterocycles. The van der Waals surface area contributed by atoms with Crippen LogP contribution >= 0.6 is 34.5 Å². The first-order chi connectivity index (χ1) is 10.6. The van der Waals surface area contributed by atoms with Gasteiger partial charge in [0.25, 0.3) is 0 Å². The quantitative estimate of drug-likeness (QED) is 0.666. The number of fused-ring (bicyclic) bond motifs is 1. The Kier molecular flexibility index (Phi) is 3.99. The molecular weight excluding hydrogens is 341 g/mol. The molecule has 7 heteroatoms. The van der Waals surface area contributed by atoms with Crippen LogP contribution in [-0.2, 0) is 0 Å². The van der Waals surface area contributed by atoms with E-state index in [0.29, 0.717) is 10.7 Å². The van der Waals surface area contributed by atoms with Crippen LogP contribution in [0.5, 0.6) is 5.75 Å². The Morgan fingerprint density at radius 3 is 2.55 bits per heavy atom. The third kappa shape index (κ3) is 2.77. The third-order valence-corrected chi connectivity index (χ3v) is 4.46. The predicted octanol–water partition coefficient (Wildman–Crippen LogP) is 4.95. The molecule has 1 heterocycles. The van der Waals surface area contributed by atoms with E-state index in [1.54, 1.807) is 0 Å². The first-order valence-electron chi connectivity index (χ1n) is 6.11. The lowest BCUT2D eigenvalue weighted by molar-refractivity contribution is 0.476. The van der Waals surface area contributed by atoms with Crippen LogP contribution in [0.1, 0.15) is 5.01 Å². The number of nitrogens with zero attached hydrogens (tertiary/aromatic N) is 3.